The van der Waals surface area contributed by atoms with Gasteiger partial charge in [0, 0.05) is 23.9 Å². The maximum atomic E-state index is 11.9. The Morgan fingerprint density at radius 2 is 2.09 bits per heavy atom. The highest BCUT2D eigenvalue weighted by Gasteiger charge is 2.05. The maximum absolute atomic E-state index is 11.9. The number of carbonyl (C=O) groups excluding carboxylic acids is 1. The Balaban J connectivity index is 2.05. The Morgan fingerprint density at radius 1 is 1.30 bits per heavy atom. The number of hydrogen-bond donors (Lipinski definition) is 1. The molecule has 0 radical (unpaired) electrons. The minimum atomic E-state index is -0.480. The van der Waals surface area contributed by atoms with Crippen LogP contribution in [-0.4, -0.2) is 17.9 Å². The molecule has 0 bridgehead atoms. The van der Waals surface area contributed by atoms with Gasteiger partial charge in [0.25, 0.3) is 5.69 Å². The van der Waals surface area contributed by atoms with E-state index >= 15 is 0 Å². The van der Waals surface area contributed by atoms with Gasteiger partial charge in [-0.3, -0.25) is 14.9 Å². The Bertz CT molecular complexity index is 774. The van der Waals surface area contributed by atoms with Gasteiger partial charge in [-0.05, 0) is 45.8 Å². The van der Waals surface area contributed by atoms with Gasteiger partial charge in [0.1, 0.15) is 5.75 Å². The molecule has 1 N–H and O–H groups in total. The Kier molecular flexibility index (Phi) is 5.48. The number of non-ortho nitro benzene ring substituents is 1. The van der Waals surface area contributed by atoms with Crippen LogP contribution in [0.5, 0.6) is 5.75 Å². The molecule has 2 aromatic rings. The number of methoxy groups -OCH3 is 1. The summed E-state index contributed by atoms with van der Waals surface area (Å²) in [5.74, 6) is 0.323. The number of halogens is 1. The predicted octanol–water partition coefficient (Wildman–Crippen LogP) is 4.02. The van der Waals surface area contributed by atoms with E-state index in [1.54, 1.807) is 37.4 Å². The van der Waals surface area contributed by atoms with E-state index in [1.807, 2.05) is 0 Å². The molecule has 0 atom stereocenters. The lowest BCUT2D eigenvalue weighted by molar-refractivity contribution is -0.384. The summed E-state index contributed by atoms with van der Waals surface area (Å²) in [6.07, 6.45) is 2.83. The van der Waals surface area contributed by atoms with Crippen molar-refractivity contribution in [1.82, 2.24) is 0 Å². The Morgan fingerprint density at radius 3 is 2.74 bits per heavy atom. The number of anilines is 1. The zero-order valence-electron chi connectivity index (χ0n) is 12.2. The topological polar surface area (TPSA) is 81.5 Å². The lowest BCUT2D eigenvalue weighted by Crippen LogP contribution is -2.07. The number of nitrogens with one attached hydrogen (secondary N) is 1. The molecule has 0 saturated carbocycles. The van der Waals surface area contributed by atoms with Gasteiger partial charge in [-0.2, -0.15) is 0 Å². The summed E-state index contributed by atoms with van der Waals surface area (Å²) in [7, 11) is 1.56. The van der Waals surface area contributed by atoms with Crippen LogP contribution in [0.1, 0.15) is 5.56 Å². The average molecular weight is 377 g/mol. The number of hydrogen-bond acceptors (Lipinski definition) is 4. The highest BCUT2D eigenvalue weighted by atomic mass is 79.9. The van der Waals surface area contributed by atoms with Crippen LogP contribution in [0.15, 0.2) is 53.0 Å². The van der Waals surface area contributed by atoms with Crippen molar-refractivity contribution in [3.8, 4) is 5.75 Å². The van der Waals surface area contributed by atoms with Crippen LogP contribution in [0, 0.1) is 10.1 Å². The fourth-order valence-corrected chi connectivity index (χ4v) is 2.38. The minimum absolute atomic E-state index is 0.0216. The maximum Gasteiger partial charge on any atom is 0.270 e. The van der Waals surface area contributed by atoms with Crippen LogP contribution < -0.4 is 10.1 Å². The van der Waals surface area contributed by atoms with Crippen molar-refractivity contribution in [1.29, 1.82) is 0 Å². The van der Waals surface area contributed by atoms with Crippen molar-refractivity contribution < 1.29 is 14.5 Å². The molecule has 0 spiro atoms. The summed E-state index contributed by atoms with van der Waals surface area (Å²) in [6, 6.07) is 11.2. The average Bonchev–Trinajstić information content (AvgIpc) is 2.53. The van der Waals surface area contributed by atoms with Crippen LogP contribution >= 0.6 is 15.9 Å². The highest BCUT2D eigenvalue weighted by Crippen LogP contribution is 2.27. The molecule has 23 heavy (non-hydrogen) atoms. The quantitative estimate of drug-likeness (QED) is 0.485. The van der Waals surface area contributed by atoms with Crippen molar-refractivity contribution in [3.05, 3.63) is 68.7 Å². The van der Waals surface area contributed by atoms with E-state index in [9.17, 15) is 14.9 Å². The zero-order chi connectivity index (χ0) is 16.8. The minimum Gasteiger partial charge on any atom is -0.496 e. The molecule has 118 valence electrons. The van der Waals surface area contributed by atoms with Gasteiger partial charge in [-0.1, -0.05) is 12.1 Å². The zero-order valence-corrected chi connectivity index (χ0v) is 13.7. The van der Waals surface area contributed by atoms with Crippen molar-refractivity contribution in [3.63, 3.8) is 0 Å². The van der Waals surface area contributed by atoms with Gasteiger partial charge in [-0.25, -0.2) is 0 Å². The molecule has 0 heterocycles. The first kappa shape index (κ1) is 16.7. The molecule has 0 aliphatic rings. The Labute approximate surface area is 141 Å². The van der Waals surface area contributed by atoms with Crippen molar-refractivity contribution >= 4 is 39.3 Å². The van der Waals surface area contributed by atoms with E-state index in [2.05, 4.69) is 21.2 Å². The molecule has 0 saturated heterocycles. The number of nitro groups is 1. The predicted molar refractivity (Wildman–Crippen MR) is 91.5 cm³/mol. The van der Waals surface area contributed by atoms with Gasteiger partial charge in [0.2, 0.25) is 5.91 Å². The van der Waals surface area contributed by atoms with E-state index in [1.165, 1.54) is 24.3 Å². The number of amides is 1. The van der Waals surface area contributed by atoms with Crippen LogP contribution in [0.2, 0.25) is 0 Å². The molecule has 2 aromatic carbocycles. The standard InChI is InChI=1S/C16H13BrN2O4/c1-23-15-7-6-12(10-14(15)17)18-16(20)8-5-11-3-2-4-13(9-11)19(21)22/h2-10H,1H3,(H,18,20). The largest absolute Gasteiger partial charge is 0.496 e. The van der Waals surface area contributed by atoms with E-state index in [0.29, 0.717) is 17.0 Å². The lowest BCUT2D eigenvalue weighted by Gasteiger charge is -2.06. The molecule has 0 aliphatic heterocycles. The summed E-state index contributed by atoms with van der Waals surface area (Å²) < 4.78 is 5.83. The molecule has 0 fully saturated rings. The van der Waals surface area contributed by atoms with Gasteiger partial charge in [-0.15, -0.1) is 0 Å². The number of nitrogens with zero attached hydrogens (tertiary/aromatic N) is 1. The first-order valence-electron chi connectivity index (χ1n) is 6.56. The van der Waals surface area contributed by atoms with Gasteiger partial charge in [0.15, 0.2) is 0 Å². The molecule has 7 heteroatoms. The summed E-state index contributed by atoms with van der Waals surface area (Å²) in [4.78, 5) is 22.1. The van der Waals surface area contributed by atoms with Gasteiger partial charge >= 0.3 is 0 Å². The highest BCUT2D eigenvalue weighted by molar-refractivity contribution is 9.10. The Hall–Kier alpha value is -2.67. The second-order valence-electron chi connectivity index (χ2n) is 4.52. The van der Waals surface area contributed by atoms with Crippen molar-refractivity contribution in [2.75, 3.05) is 12.4 Å². The number of rotatable bonds is 5. The van der Waals surface area contributed by atoms with E-state index < -0.39 is 4.92 Å². The number of benzene rings is 2. The fourth-order valence-electron chi connectivity index (χ4n) is 1.84. The van der Waals surface area contributed by atoms with E-state index in [0.717, 1.165) is 4.47 Å². The van der Waals surface area contributed by atoms with Crippen molar-refractivity contribution in [2.24, 2.45) is 0 Å². The third-order valence-corrected chi connectivity index (χ3v) is 3.55. The first-order chi connectivity index (χ1) is 11.0. The molecule has 0 unspecified atom stereocenters. The molecule has 1 amide bonds. The summed E-state index contributed by atoms with van der Waals surface area (Å²) in [6.45, 7) is 0. The second kappa shape index (κ2) is 7.55. The number of carbonyl (C=O) groups is 1. The van der Waals surface area contributed by atoms with Crippen LogP contribution in [0.4, 0.5) is 11.4 Å². The molecule has 6 nitrogen and oxygen atoms in total. The van der Waals surface area contributed by atoms with E-state index in [4.69, 9.17) is 4.74 Å². The third kappa shape index (κ3) is 4.65. The van der Waals surface area contributed by atoms with Crippen LogP contribution in [-0.2, 0) is 4.79 Å². The molecular weight excluding hydrogens is 364 g/mol. The summed E-state index contributed by atoms with van der Waals surface area (Å²) >= 11 is 3.34. The van der Waals surface area contributed by atoms with Gasteiger partial charge < -0.3 is 10.1 Å². The monoisotopic (exact) mass is 376 g/mol. The van der Waals surface area contributed by atoms with Crippen molar-refractivity contribution in [2.45, 2.75) is 0 Å². The normalized spacial score (nSPS) is 10.5. The number of ether oxygens (including phenoxy) is 1. The molecule has 0 aliphatic carbocycles. The number of nitro benzene ring substituents is 1. The van der Waals surface area contributed by atoms with Crippen LogP contribution in [0.25, 0.3) is 6.08 Å². The van der Waals surface area contributed by atoms with Gasteiger partial charge in [0.05, 0.1) is 16.5 Å². The molecule has 0 aromatic heterocycles. The summed E-state index contributed by atoms with van der Waals surface area (Å²) in [5.41, 5.74) is 1.16. The SMILES string of the molecule is COc1ccc(NC(=O)C=Cc2cccc([N+](=O)[O-])c2)cc1Br. The first-order valence-corrected chi connectivity index (χ1v) is 7.36. The lowest BCUT2D eigenvalue weighted by atomic mass is 10.2. The van der Waals surface area contributed by atoms with Crippen LogP contribution in [0.3, 0.4) is 0 Å². The molecular formula is C16H13BrN2O4. The summed E-state index contributed by atoms with van der Waals surface area (Å²) in [5, 5.41) is 13.4. The third-order valence-electron chi connectivity index (χ3n) is 2.93. The smallest absolute Gasteiger partial charge is 0.270 e. The fraction of sp³-hybridized carbons (Fsp3) is 0.0625. The second-order valence-corrected chi connectivity index (χ2v) is 5.38. The van der Waals surface area contributed by atoms with E-state index in [-0.39, 0.29) is 11.6 Å². The molecule has 2 rings (SSSR count).